The van der Waals surface area contributed by atoms with Crippen LogP contribution >= 0.6 is 0 Å². The van der Waals surface area contributed by atoms with Crippen LogP contribution in [0.3, 0.4) is 0 Å². The minimum Gasteiger partial charge on any atom is -0.481 e. The van der Waals surface area contributed by atoms with Crippen LogP contribution < -0.4 is 4.74 Å². The summed E-state index contributed by atoms with van der Waals surface area (Å²) in [6.45, 7) is 0.758. The van der Waals surface area contributed by atoms with Gasteiger partial charge in [0.1, 0.15) is 12.1 Å². The number of rotatable bonds is 4. The molecule has 2 aromatic rings. The second-order valence-electron chi connectivity index (χ2n) is 6.70. The molecule has 0 saturated heterocycles. The van der Waals surface area contributed by atoms with E-state index in [2.05, 4.69) is 9.97 Å². The molecule has 1 aromatic heterocycles. The maximum absolute atomic E-state index is 13.6. The van der Waals surface area contributed by atoms with Gasteiger partial charge >= 0.3 is 0 Å². The number of fused-ring (bicyclic) bond motifs is 1. The summed E-state index contributed by atoms with van der Waals surface area (Å²) in [5.74, 6) is -1.26. The molecule has 0 unspecified atom stereocenters. The van der Waals surface area contributed by atoms with Crippen molar-refractivity contribution in [1.82, 2.24) is 14.9 Å². The van der Waals surface area contributed by atoms with Crippen molar-refractivity contribution in [3.05, 3.63) is 53.1 Å². The van der Waals surface area contributed by atoms with Crippen LogP contribution in [0.1, 0.15) is 35.7 Å². The Morgan fingerprint density at radius 2 is 2.00 bits per heavy atom. The largest absolute Gasteiger partial charge is 0.481 e. The van der Waals surface area contributed by atoms with Crippen LogP contribution in [0.5, 0.6) is 5.75 Å². The maximum Gasteiger partial charge on any atom is 0.260 e. The molecule has 0 N–H and O–H groups in total. The van der Waals surface area contributed by atoms with Crippen LogP contribution in [-0.4, -0.2) is 40.5 Å². The van der Waals surface area contributed by atoms with Gasteiger partial charge in [-0.15, -0.1) is 0 Å². The fourth-order valence-corrected chi connectivity index (χ4v) is 3.33. The summed E-state index contributed by atoms with van der Waals surface area (Å²) in [4.78, 5) is 23.0. The molecular weight excluding hydrogens is 340 g/mol. The zero-order chi connectivity index (χ0) is 18.1. The van der Waals surface area contributed by atoms with Gasteiger partial charge in [-0.05, 0) is 37.0 Å². The van der Waals surface area contributed by atoms with E-state index in [1.165, 1.54) is 18.4 Å². The van der Waals surface area contributed by atoms with Gasteiger partial charge in [-0.1, -0.05) is 0 Å². The van der Waals surface area contributed by atoms with Crippen molar-refractivity contribution in [3.8, 4) is 5.75 Å². The Hall–Kier alpha value is -2.57. The standard InChI is InChI=1S/C19H19F2N3O2/c20-13-3-4-15(21)17(9-13)26-10-18(25)24-7-5-14-16(6-8-24)22-11-23-19(14)12-1-2-12/h3-4,9,11-12H,1-2,5-8,10H2. The molecule has 5 nitrogen and oxygen atoms in total. The van der Waals surface area contributed by atoms with E-state index in [4.69, 9.17) is 4.74 Å². The molecular formula is C19H19F2N3O2. The molecule has 1 fully saturated rings. The number of nitrogens with zero attached hydrogens (tertiary/aromatic N) is 3. The monoisotopic (exact) mass is 359 g/mol. The summed E-state index contributed by atoms with van der Waals surface area (Å²) < 4.78 is 32.0. The Morgan fingerprint density at radius 3 is 2.81 bits per heavy atom. The molecule has 4 rings (SSSR count). The Kier molecular flexibility index (Phi) is 4.53. The lowest BCUT2D eigenvalue weighted by Gasteiger charge is -2.20. The molecule has 0 radical (unpaired) electrons. The number of amides is 1. The summed E-state index contributed by atoms with van der Waals surface area (Å²) in [6.07, 6.45) is 5.32. The molecule has 2 heterocycles. The molecule has 0 bridgehead atoms. The lowest BCUT2D eigenvalue weighted by atomic mass is 10.0. The minimum absolute atomic E-state index is 0.248. The number of aromatic nitrogens is 2. The van der Waals surface area contributed by atoms with Crippen LogP contribution in [0, 0.1) is 11.6 Å². The van der Waals surface area contributed by atoms with Gasteiger partial charge in [0.05, 0.1) is 5.69 Å². The molecule has 7 heteroatoms. The number of ether oxygens (including phenoxy) is 1. The fourth-order valence-electron chi connectivity index (χ4n) is 3.33. The molecule has 1 aliphatic heterocycles. The van der Waals surface area contributed by atoms with E-state index in [0.717, 1.165) is 29.6 Å². The summed E-state index contributed by atoms with van der Waals surface area (Å²) in [7, 11) is 0. The van der Waals surface area contributed by atoms with Crippen molar-refractivity contribution < 1.29 is 18.3 Å². The molecule has 136 valence electrons. The fraction of sp³-hybridized carbons (Fsp3) is 0.421. The normalized spacial score (nSPS) is 16.8. The van der Waals surface area contributed by atoms with Gasteiger partial charge in [0.2, 0.25) is 0 Å². The highest BCUT2D eigenvalue weighted by molar-refractivity contribution is 5.78. The van der Waals surface area contributed by atoms with E-state index < -0.39 is 11.6 Å². The van der Waals surface area contributed by atoms with Crippen molar-refractivity contribution in [1.29, 1.82) is 0 Å². The first-order valence-electron chi connectivity index (χ1n) is 8.80. The van der Waals surface area contributed by atoms with Crippen molar-refractivity contribution >= 4 is 5.91 Å². The zero-order valence-corrected chi connectivity index (χ0v) is 14.3. The molecule has 0 spiro atoms. The lowest BCUT2D eigenvalue weighted by Crippen LogP contribution is -2.36. The quantitative estimate of drug-likeness (QED) is 0.842. The van der Waals surface area contributed by atoms with Gasteiger partial charge in [0.15, 0.2) is 18.2 Å². The molecule has 26 heavy (non-hydrogen) atoms. The van der Waals surface area contributed by atoms with E-state index >= 15 is 0 Å². The van der Waals surface area contributed by atoms with E-state index in [1.807, 2.05) is 0 Å². The van der Waals surface area contributed by atoms with Gasteiger partial charge in [-0.2, -0.15) is 0 Å². The van der Waals surface area contributed by atoms with Crippen molar-refractivity contribution in [3.63, 3.8) is 0 Å². The maximum atomic E-state index is 13.6. The predicted octanol–water partition coefficient (Wildman–Crippen LogP) is 2.64. The van der Waals surface area contributed by atoms with Crippen LogP contribution in [0.25, 0.3) is 0 Å². The first-order chi connectivity index (χ1) is 12.6. The Balaban J connectivity index is 1.40. The van der Waals surface area contributed by atoms with Gasteiger partial charge in [-0.3, -0.25) is 4.79 Å². The van der Waals surface area contributed by atoms with E-state index in [1.54, 1.807) is 11.2 Å². The van der Waals surface area contributed by atoms with Gasteiger partial charge in [-0.25, -0.2) is 18.7 Å². The highest BCUT2D eigenvalue weighted by Gasteiger charge is 2.30. The average molecular weight is 359 g/mol. The highest BCUT2D eigenvalue weighted by Crippen LogP contribution is 2.41. The summed E-state index contributed by atoms with van der Waals surface area (Å²) in [5.41, 5.74) is 3.30. The first-order valence-corrected chi connectivity index (χ1v) is 8.80. The molecule has 1 aromatic carbocycles. The summed E-state index contributed by atoms with van der Waals surface area (Å²) in [5, 5.41) is 0. The van der Waals surface area contributed by atoms with Crippen LogP contribution in [0.4, 0.5) is 8.78 Å². The topological polar surface area (TPSA) is 55.3 Å². The van der Waals surface area contributed by atoms with Crippen LogP contribution in [-0.2, 0) is 17.6 Å². The average Bonchev–Trinajstić information content (AvgIpc) is 3.48. The number of carbonyl (C=O) groups is 1. The van der Waals surface area contributed by atoms with Crippen LogP contribution in [0.15, 0.2) is 24.5 Å². The minimum atomic E-state index is -0.688. The van der Waals surface area contributed by atoms with E-state index in [-0.39, 0.29) is 18.3 Å². The Morgan fingerprint density at radius 1 is 1.19 bits per heavy atom. The molecule has 1 saturated carbocycles. The van der Waals surface area contributed by atoms with Gasteiger partial charge in [0.25, 0.3) is 5.91 Å². The molecule has 2 aliphatic rings. The highest BCUT2D eigenvalue weighted by atomic mass is 19.1. The van der Waals surface area contributed by atoms with Crippen molar-refractivity contribution in [2.75, 3.05) is 19.7 Å². The zero-order valence-electron chi connectivity index (χ0n) is 14.3. The van der Waals surface area contributed by atoms with Gasteiger partial charge < -0.3 is 9.64 Å². The molecule has 1 amide bonds. The number of hydrogen-bond acceptors (Lipinski definition) is 4. The van der Waals surface area contributed by atoms with Gasteiger partial charge in [0, 0.05) is 37.2 Å². The first kappa shape index (κ1) is 16.9. The molecule has 0 atom stereocenters. The Bertz CT molecular complexity index is 840. The number of carbonyl (C=O) groups excluding carboxylic acids is 1. The second-order valence-corrected chi connectivity index (χ2v) is 6.70. The third-order valence-corrected chi connectivity index (χ3v) is 4.88. The van der Waals surface area contributed by atoms with E-state index in [0.29, 0.717) is 31.8 Å². The predicted molar refractivity (Wildman–Crippen MR) is 89.8 cm³/mol. The third-order valence-electron chi connectivity index (χ3n) is 4.88. The lowest BCUT2D eigenvalue weighted by molar-refractivity contribution is -0.133. The van der Waals surface area contributed by atoms with Crippen LogP contribution in [0.2, 0.25) is 0 Å². The second kappa shape index (κ2) is 6.97. The SMILES string of the molecule is O=C(COc1cc(F)ccc1F)N1CCc2ncnc(C3CC3)c2CC1. The molecule has 1 aliphatic carbocycles. The Labute approximate surface area is 150 Å². The smallest absolute Gasteiger partial charge is 0.260 e. The number of halogens is 2. The summed E-state index contributed by atoms with van der Waals surface area (Å²) >= 11 is 0. The van der Waals surface area contributed by atoms with E-state index in [9.17, 15) is 13.6 Å². The third kappa shape index (κ3) is 3.52. The number of hydrogen-bond donors (Lipinski definition) is 0. The number of benzene rings is 1. The van der Waals surface area contributed by atoms with Crippen molar-refractivity contribution in [2.24, 2.45) is 0 Å². The summed E-state index contributed by atoms with van der Waals surface area (Å²) in [6, 6.07) is 2.93. The van der Waals surface area contributed by atoms with Crippen molar-refractivity contribution in [2.45, 2.75) is 31.6 Å².